The van der Waals surface area contributed by atoms with Gasteiger partial charge in [-0.1, -0.05) is 12.1 Å². The number of aromatic nitrogens is 3. The molecule has 0 spiro atoms. The number of methoxy groups -OCH3 is 1. The van der Waals surface area contributed by atoms with Crippen molar-refractivity contribution in [1.29, 1.82) is 0 Å². The van der Waals surface area contributed by atoms with Crippen molar-refractivity contribution in [2.24, 2.45) is 0 Å². The summed E-state index contributed by atoms with van der Waals surface area (Å²) >= 11 is 0. The van der Waals surface area contributed by atoms with E-state index in [9.17, 15) is 0 Å². The van der Waals surface area contributed by atoms with Gasteiger partial charge in [0.2, 0.25) is 5.82 Å². The van der Waals surface area contributed by atoms with Gasteiger partial charge in [-0.25, -0.2) is 9.67 Å². The Hall–Kier alpha value is -2.60. The summed E-state index contributed by atoms with van der Waals surface area (Å²) in [7, 11) is 1.67. The maximum Gasteiger partial charge on any atom is 0.217 e. The third-order valence-electron chi connectivity index (χ3n) is 4.42. The van der Waals surface area contributed by atoms with Crippen molar-refractivity contribution in [2.75, 3.05) is 20.3 Å². The summed E-state index contributed by atoms with van der Waals surface area (Å²) in [5.41, 5.74) is 1.12. The molecule has 25 heavy (non-hydrogen) atoms. The maximum absolute atomic E-state index is 5.70. The second-order valence-corrected chi connectivity index (χ2v) is 6.27. The Morgan fingerprint density at radius 1 is 1.28 bits per heavy atom. The normalized spacial score (nSPS) is 17.1. The minimum absolute atomic E-state index is 0.267. The van der Waals surface area contributed by atoms with E-state index in [2.05, 4.69) is 6.07 Å². The minimum Gasteiger partial charge on any atom is -0.497 e. The average molecular weight is 339 g/mol. The lowest BCUT2D eigenvalue weighted by molar-refractivity contribution is 0.192. The third-order valence-corrected chi connectivity index (χ3v) is 4.42. The third kappa shape index (κ3) is 3.30. The van der Waals surface area contributed by atoms with E-state index < -0.39 is 0 Å². The van der Waals surface area contributed by atoms with Crippen molar-refractivity contribution in [1.82, 2.24) is 14.8 Å². The molecular formula is C19H21N3O3. The van der Waals surface area contributed by atoms with Crippen LogP contribution in [0.2, 0.25) is 0 Å². The molecule has 4 rings (SSSR count). The first-order valence-corrected chi connectivity index (χ1v) is 8.45. The van der Waals surface area contributed by atoms with Gasteiger partial charge >= 0.3 is 0 Å². The highest BCUT2D eigenvalue weighted by Gasteiger charge is 2.25. The standard InChI is InChI=1S/C19H21N3O3/c1-13-6-7-17(25-13)18-20-19(15-8-9-24-12-15)22(21-18)11-14-4-3-5-16(10-14)23-2/h3-7,10,15H,8-9,11-12H2,1-2H3. The molecule has 1 aliphatic heterocycles. The first-order chi connectivity index (χ1) is 12.2. The molecule has 0 N–H and O–H groups in total. The van der Waals surface area contributed by atoms with Crippen LogP contribution in [0.5, 0.6) is 5.75 Å². The Morgan fingerprint density at radius 2 is 2.20 bits per heavy atom. The molecule has 0 bridgehead atoms. The number of benzene rings is 1. The fourth-order valence-corrected chi connectivity index (χ4v) is 3.11. The first kappa shape index (κ1) is 15.9. The van der Waals surface area contributed by atoms with Crippen molar-refractivity contribution < 1.29 is 13.9 Å². The molecule has 1 atom stereocenters. The number of rotatable bonds is 5. The van der Waals surface area contributed by atoms with E-state index in [-0.39, 0.29) is 5.92 Å². The minimum atomic E-state index is 0.267. The fraction of sp³-hybridized carbons (Fsp3) is 0.368. The van der Waals surface area contributed by atoms with E-state index >= 15 is 0 Å². The van der Waals surface area contributed by atoms with Crippen LogP contribution in [-0.2, 0) is 11.3 Å². The Kier molecular flexibility index (Phi) is 4.28. The lowest BCUT2D eigenvalue weighted by Crippen LogP contribution is -2.11. The fourth-order valence-electron chi connectivity index (χ4n) is 3.11. The number of ether oxygens (including phenoxy) is 2. The zero-order chi connectivity index (χ0) is 17.2. The van der Waals surface area contributed by atoms with E-state index in [4.69, 9.17) is 24.0 Å². The Balaban J connectivity index is 1.69. The topological polar surface area (TPSA) is 62.3 Å². The van der Waals surface area contributed by atoms with Gasteiger partial charge in [0, 0.05) is 12.5 Å². The Bertz CT molecular complexity index is 862. The summed E-state index contributed by atoms with van der Waals surface area (Å²) in [6.07, 6.45) is 0.966. The monoisotopic (exact) mass is 339 g/mol. The van der Waals surface area contributed by atoms with Crippen LogP contribution in [0.25, 0.3) is 11.6 Å². The van der Waals surface area contributed by atoms with Crippen LogP contribution in [0.15, 0.2) is 40.8 Å². The molecule has 1 unspecified atom stereocenters. The molecule has 0 radical (unpaired) electrons. The quantitative estimate of drug-likeness (QED) is 0.713. The molecule has 1 fully saturated rings. The number of hydrogen-bond donors (Lipinski definition) is 0. The summed E-state index contributed by atoms with van der Waals surface area (Å²) in [5.74, 6) is 4.22. The smallest absolute Gasteiger partial charge is 0.217 e. The molecule has 1 saturated heterocycles. The Labute approximate surface area is 146 Å². The highest BCUT2D eigenvalue weighted by Crippen LogP contribution is 2.28. The molecule has 1 aliphatic rings. The summed E-state index contributed by atoms with van der Waals surface area (Å²) < 4.78 is 18.5. The molecule has 3 aromatic rings. The second kappa shape index (κ2) is 6.72. The van der Waals surface area contributed by atoms with Gasteiger partial charge in [0.1, 0.15) is 17.3 Å². The molecule has 1 aromatic carbocycles. The van der Waals surface area contributed by atoms with Gasteiger partial charge in [-0.15, -0.1) is 5.10 Å². The van der Waals surface area contributed by atoms with Gasteiger partial charge < -0.3 is 13.9 Å². The zero-order valence-electron chi connectivity index (χ0n) is 14.4. The lowest BCUT2D eigenvalue weighted by Gasteiger charge is -2.10. The SMILES string of the molecule is COc1cccc(Cn2nc(-c3ccc(C)o3)nc2C2CCOC2)c1. The van der Waals surface area contributed by atoms with Crippen LogP contribution in [0, 0.1) is 6.92 Å². The van der Waals surface area contributed by atoms with Crippen LogP contribution >= 0.6 is 0 Å². The summed E-state index contributed by atoms with van der Waals surface area (Å²) in [4.78, 5) is 4.76. The number of nitrogens with zero attached hydrogens (tertiary/aromatic N) is 3. The largest absolute Gasteiger partial charge is 0.497 e. The van der Waals surface area contributed by atoms with Gasteiger partial charge in [0.15, 0.2) is 5.76 Å². The van der Waals surface area contributed by atoms with E-state index in [1.54, 1.807) is 7.11 Å². The highest BCUT2D eigenvalue weighted by atomic mass is 16.5. The van der Waals surface area contributed by atoms with E-state index in [1.807, 2.05) is 41.9 Å². The summed E-state index contributed by atoms with van der Waals surface area (Å²) in [5, 5.41) is 4.70. The van der Waals surface area contributed by atoms with Gasteiger partial charge in [-0.3, -0.25) is 0 Å². The number of furan rings is 1. The summed E-state index contributed by atoms with van der Waals surface area (Å²) in [6, 6.07) is 11.9. The second-order valence-electron chi connectivity index (χ2n) is 6.27. The van der Waals surface area contributed by atoms with Crippen molar-refractivity contribution in [3.05, 3.63) is 53.5 Å². The molecule has 130 valence electrons. The van der Waals surface area contributed by atoms with Crippen molar-refractivity contribution in [3.63, 3.8) is 0 Å². The van der Waals surface area contributed by atoms with Gasteiger partial charge in [-0.05, 0) is 43.2 Å². The molecule has 0 saturated carbocycles. The molecule has 6 nitrogen and oxygen atoms in total. The van der Waals surface area contributed by atoms with E-state index in [1.165, 1.54) is 0 Å². The van der Waals surface area contributed by atoms with E-state index in [0.717, 1.165) is 35.9 Å². The molecule has 0 aliphatic carbocycles. The number of aryl methyl sites for hydroxylation is 1. The molecule has 2 aromatic heterocycles. The van der Waals surface area contributed by atoms with Crippen LogP contribution < -0.4 is 4.74 Å². The molecule has 0 amide bonds. The Morgan fingerprint density at radius 3 is 2.92 bits per heavy atom. The van der Waals surface area contributed by atoms with Crippen LogP contribution in [0.3, 0.4) is 0 Å². The molecule has 6 heteroatoms. The predicted molar refractivity (Wildman–Crippen MR) is 92.7 cm³/mol. The van der Waals surface area contributed by atoms with Crippen molar-refractivity contribution in [3.8, 4) is 17.3 Å². The predicted octanol–water partition coefficient (Wildman–Crippen LogP) is 3.41. The van der Waals surface area contributed by atoms with Gasteiger partial charge in [0.25, 0.3) is 0 Å². The van der Waals surface area contributed by atoms with E-state index in [0.29, 0.717) is 24.7 Å². The van der Waals surface area contributed by atoms with Crippen molar-refractivity contribution >= 4 is 0 Å². The van der Waals surface area contributed by atoms with Crippen LogP contribution in [-0.4, -0.2) is 35.1 Å². The highest BCUT2D eigenvalue weighted by molar-refractivity contribution is 5.46. The van der Waals surface area contributed by atoms with Gasteiger partial charge in [-0.2, -0.15) is 0 Å². The van der Waals surface area contributed by atoms with Crippen molar-refractivity contribution in [2.45, 2.75) is 25.8 Å². The van der Waals surface area contributed by atoms with Crippen LogP contribution in [0.4, 0.5) is 0 Å². The average Bonchev–Trinajstić information content (AvgIpc) is 3.35. The number of hydrogen-bond acceptors (Lipinski definition) is 5. The first-order valence-electron chi connectivity index (χ1n) is 8.45. The zero-order valence-corrected chi connectivity index (χ0v) is 14.4. The maximum atomic E-state index is 5.70. The summed E-state index contributed by atoms with van der Waals surface area (Å²) in [6.45, 7) is 4.01. The van der Waals surface area contributed by atoms with Gasteiger partial charge in [0.05, 0.1) is 20.3 Å². The molecular weight excluding hydrogens is 318 g/mol. The van der Waals surface area contributed by atoms with Crippen LogP contribution in [0.1, 0.15) is 29.5 Å². The molecule has 3 heterocycles. The lowest BCUT2D eigenvalue weighted by atomic mass is 10.1.